The van der Waals surface area contributed by atoms with Gasteiger partial charge < -0.3 is 0 Å². The minimum atomic E-state index is 0.987. The van der Waals surface area contributed by atoms with Crippen molar-refractivity contribution in [3.8, 4) is 0 Å². The highest BCUT2D eigenvalue weighted by atomic mass is 14.1. The third-order valence-electron chi connectivity index (χ3n) is 5.33. The molecule has 0 aromatic rings. The van der Waals surface area contributed by atoms with Crippen LogP contribution in [0.25, 0.3) is 0 Å². The second kappa shape index (κ2) is 21.8. The van der Waals surface area contributed by atoms with Gasteiger partial charge in [-0.05, 0) is 31.6 Å². The van der Waals surface area contributed by atoms with Gasteiger partial charge in [-0.15, -0.1) is 0 Å². The van der Waals surface area contributed by atoms with Crippen LogP contribution in [-0.2, 0) is 0 Å². The van der Waals surface area contributed by atoms with Crippen LogP contribution in [0.5, 0.6) is 0 Å². The average molecular weight is 349 g/mol. The second-order valence-corrected chi connectivity index (χ2v) is 7.88. The van der Waals surface area contributed by atoms with Gasteiger partial charge in [0.15, 0.2) is 0 Å². The van der Waals surface area contributed by atoms with Gasteiger partial charge in [0.2, 0.25) is 0 Å². The fourth-order valence-electron chi connectivity index (χ4n) is 3.71. The zero-order valence-corrected chi connectivity index (χ0v) is 17.6. The lowest BCUT2D eigenvalue weighted by Gasteiger charge is -2.15. The van der Waals surface area contributed by atoms with Crippen LogP contribution in [0.2, 0.25) is 0 Å². The Morgan fingerprint density at radius 2 is 1.04 bits per heavy atom. The quantitative estimate of drug-likeness (QED) is 0.152. The van der Waals surface area contributed by atoms with Gasteiger partial charge in [-0.1, -0.05) is 129 Å². The summed E-state index contributed by atoms with van der Waals surface area (Å²) in [4.78, 5) is 0. The van der Waals surface area contributed by atoms with Crippen LogP contribution in [0.15, 0.2) is 12.2 Å². The van der Waals surface area contributed by atoms with E-state index in [0.717, 1.165) is 18.8 Å². The van der Waals surface area contributed by atoms with Gasteiger partial charge in [-0.25, -0.2) is 0 Å². The first-order chi connectivity index (χ1) is 12.3. The van der Waals surface area contributed by atoms with Crippen molar-refractivity contribution >= 4 is 0 Å². The maximum Gasteiger partial charge on any atom is -0.0351 e. The summed E-state index contributed by atoms with van der Waals surface area (Å²) in [5.74, 6) is 0.987. The molecule has 0 aliphatic carbocycles. The number of allylic oxidation sites excluding steroid dienone is 2. The van der Waals surface area contributed by atoms with Gasteiger partial charge in [0.05, 0.1) is 0 Å². The van der Waals surface area contributed by atoms with Gasteiger partial charge in [0.25, 0.3) is 0 Å². The molecule has 1 atom stereocenters. The lowest BCUT2D eigenvalue weighted by molar-refractivity contribution is 0.385. The predicted molar refractivity (Wildman–Crippen MR) is 117 cm³/mol. The van der Waals surface area contributed by atoms with Crippen molar-refractivity contribution in [3.05, 3.63) is 26.0 Å². The molecular formula is C25H48. The Labute approximate surface area is 161 Å². The van der Waals surface area contributed by atoms with E-state index in [-0.39, 0.29) is 0 Å². The predicted octanol–water partition coefficient (Wildman–Crippen LogP) is 9.26. The molecule has 0 aromatic heterocycles. The van der Waals surface area contributed by atoms with Crippen molar-refractivity contribution in [2.75, 3.05) is 0 Å². The number of hydrogen-bond acceptors (Lipinski definition) is 0. The Balaban J connectivity index is 3.48. The Bertz CT molecular complexity index is 253. The minimum Gasteiger partial charge on any atom is -0.0885 e. The second-order valence-electron chi connectivity index (χ2n) is 7.88. The van der Waals surface area contributed by atoms with Gasteiger partial charge in [-0.2, -0.15) is 0 Å². The smallest absolute Gasteiger partial charge is 0.0351 e. The molecule has 0 aliphatic rings. The highest BCUT2D eigenvalue weighted by molar-refractivity contribution is 4.81. The number of rotatable bonds is 20. The Morgan fingerprint density at radius 1 is 0.560 bits per heavy atom. The Hall–Kier alpha value is -0.260. The summed E-state index contributed by atoms with van der Waals surface area (Å²) in [5, 5.41) is 0. The van der Waals surface area contributed by atoms with Gasteiger partial charge in [0.1, 0.15) is 0 Å². The SMILES string of the molecule is [CH2]CCCC=CCCCC(CCC)CCCCCCCCCCC[CH2]. The van der Waals surface area contributed by atoms with E-state index in [1.165, 1.54) is 109 Å². The maximum absolute atomic E-state index is 3.91. The van der Waals surface area contributed by atoms with Crippen LogP contribution < -0.4 is 0 Å². The Morgan fingerprint density at radius 3 is 1.60 bits per heavy atom. The van der Waals surface area contributed by atoms with Gasteiger partial charge in [0, 0.05) is 0 Å². The molecule has 0 heteroatoms. The van der Waals surface area contributed by atoms with Crippen LogP contribution in [0.4, 0.5) is 0 Å². The zero-order valence-electron chi connectivity index (χ0n) is 17.6. The molecule has 25 heavy (non-hydrogen) atoms. The summed E-state index contributed by atoms with van der Waals surface area (Å²) < 4.78 is 0. The molecule has 0 bridgehead atoms. The largest absolute Gasteiger partial charge is 0.0885 e. The summed E-state index contributed by atoms with van der Waals surface area (Å²) in [6, 6.07) is 0. The van der Waals surface area contributed by atoms with E-state index in [0.29, 0.717) is 0 Å². The van der Waals surface area contributed by atoms with Gasteiger partial charge >= 0.3 is 0 Å². The molecule has 0 amide bonds. The van der Waals surface area contributed by atoms with E-state index in [4.69, 9.17) is 0 Å². The molecule has 1 unspecified atom stereocenters. The van der Waals surface area contributed by atoms with Crippen molar-refractivity contribution in [3.63, 3.8) is 0 Å². The van der Waals surface area contributed by atoms with E-state index in [2.05, 4.69) is 32.9 Å². The van der Waals surface area contributed by atoms with E-state index in [1.54, 1.807) is 0 Å². The highest BCUT2D eigenvalue weighted by Gasteiger charge is 2.06. The fourth-order valence-corrected chi connectivity index (χ4v) is 3.71. The molecule has 0 aromatic carbocycles. The normalized spacial score (nSPS) is 12.9. The van der Waals surface area contributed by atoms with Crippen molar-refractivity contribution < 1.29 is 0 Å². The fraction of sp³-hybridized carbons (Fsp3) is 0.840. The van der Waals surface area contributed by atoms with Crippen LogP contribution in [0, 0.1) is 19.8 Å². The number of hydrogen-bond donors (Lipinski definition) is 0. The topological polar surface area (TPSA) is 0 Å². The van der Waals surface area contributed by atoms with Crippen molar-refractivity contribution in [2.24, 2.45) is 5.92 Å². The molecular weight excluding hydrogens is 300 g/mol. The van der Waals surface area contributed by atoms with Crippen LogP contribution >= 0.6 is 0 Å². The van der Waals surface area contributed by atoms with Crippen LogP contribution in [-0.4, -0.2) is 0 Å². The summed E-state index contributed by atoms with van der Waals surface area (Å²) in [7, 11) is 0. The van der Waals surface area contributed by atoms with Crippen LogP contribution in [0.1, 0.15) is 129 Å². The molecule has 0 saturated heterocycles. The maximum atomic E-state index is 3.91. The van der Waals surface area contributed by atoms with Crippen molar-refractivity contribution in [2.45, 2.75) is 129 Å². The third kappa shape index (κ3) is 19.9. The molecule has 0 spiro atoms. The summed E-state index contributed by atoms with van der Waals surface area (Å²) >= 11 is 0. The Kier molecular flexibility index (Phi) is 21.6. The van der Waals surface area contributed by atoms with Crippen LogP contribution in [0.3, 0.4) is 0 Å². The van der Waals surface area contributed by atoms with E-state index < -0.39 is 0 Å². The minimum absolute atomic E-state index is 0.987. The van der Waals surface area contributed by atoms with Crippen molar-refractivity contribution in [1.29, 1.82) is 0 Å². The molecule has 0 fully saturated rings. The van der Waals surface area contributed by atoms with E-state index in [9.17, 15) is 0 Å². The lowest BCUT2D eigenvalue weighted by Crippen LogP contribution is -2.00. The van der Waals surface area contributed by atoms with Crippen molar-refractivity contribution in [1.82, 2.24) is 0 Å². The average Bonchev–Trinajstić information content (AvgIpc) is 2.62. The molecule has 0 aliphatic heterocycles. The first-order valence-corrected chi connectivity index (χ1v) is 11.6. The molecule has 0 rings (SSSR count). The standard InChI is InChI=1S/C25H48/c1-4-7-9-11-13-14-15-17-19-21-24-25(22-6-3)23-20-18-16-12-10-8-5-2/h12,16,25H,1-2,4-11,13-15,17-24H2,3H3. The molecule has 0 saturated carbocycles. The third-order valence-corrected chi connectivity index (χ3v) is 5.33. The molecule has 0 N–H and O–H groups in total. The molecule has 0 heterocycles. The van der Waals surface area contributed by atoms with Gasteiger partial charge in [-0.3, -0.25) is 0 Å². The summed E-state index contributed by atoms with van der Waals surface area (Å²) in [5.41, 5.74) is 0. The monoisotopic (exact) mass is 348 g/mol. The first-order valence-electron chi connectivity index (χ1n) is 11.6. The van der Waals surface area contributed by atoms with E-state index >= 15 is 0 Å². The first kappa shape index (κ1) is 24.7. The van der Waals surface area contributed by atoms with E-state index in [1.807, 2.05) is 0 Å². The summed E-state index contributed by atoms with van der Waals surface area (Å²) in [6.07, 6.45) is 30.7. The number of unbranched alkanes of at least 4 members (excludes halogenated alkanes) is 12. The lowest BCUT2D eigenvalue weighted by atomic mass is 9.91. The highest BCUT2D eigenvalue weighted by Crippen LogP contribution is 2.22. The molecule has 2 radical (unpaired) electrons. The molecule has 148 valence electrons. The summed E-state index contributed by atoms with van der Waals surface area (Å²) in [6.45, 7) is 10.2. The molecule has 0 nitrogen and oxygen atoms in total. The zero-order chi connectivity index (χ0) is 18.4.